The Morgan fingerprint density at radius 1 is 1.11 bits per heavy atom. The fraction of sp³-hybridized carbons (Fsp3) is 0.905. The Bertz CT molecular complexity index is 491. The minimum Gasteiger partial charge on any atom is -0.357 e. The van der Waals surface area contributed by atoms with Crippen molar-refractivity contribution < 1.29 is 4.79 Å². The SMILES string of the molecule is CCNC(=NCC1(C(=O)N(C)C)CCCC1)NCC(C(C)C)N1CCCC1. The molecule has 2 N–H and O–H groups in total. The Kier molecular flexibility index (Phi) is 8.39. The third-order valence-corrected chi connectivity index (χ3v) is 6.16. The molecule has 27 heavy (non-hydrogen) atoms. The molecule has 1 aliphatic carbocycles. The average molecular weight is 380 g/mol. The van der Waals surface area contributed by atoms with E-state index < -0.39 is 0 Å². The summed E-state index contributed by atoms with van der Waals surface area (Å²) in [5.41, 5.74) is -0.307. The molecule has 2 fully saturated rings. The van der Waals surface area contributed by atoms with Crippen LogP contribution in [0.5, 0.6) is 0 Å². The number of carbonyl (C=O) groups excluding carboxylic acids is 1. The smallest absolute Gasteiger partial charge is 0.230 e. The largest absolute Gasteiger partial charge is 0.357 e. The fourth-order valence-electron chi connectivity index (χ4n) is 4.60. The van der Waals surface area contributed by atoms with Gasteiger partial charge in [0.05, 0.1) is 12.0 Å². The number of carbonyl (C=O) groups is 1. The van der Waals surface area contributed by atoms with Crippen molar-refractivity contribution in [1.82, 2.24) is 20.4 Å². The minimum atomic E-state index is -0.307. The summed E-state index contributed by atoms with van der Waals surface area (Å²) in [6.07, 6.45) is 6.79. The fourth-order valence-corrected chi connectivity index (χ4v) is 4.60. The molecule has 1 aliphatic heterocycles. The van der Waals surface area contributed by atoms with Crippen LogP contribution in [0.3, 0.4) is 0 Å². The lowest BCUT2D eigenvalue weighted by molar-refractivity contribution is -0.138. The number of hydrogen-bond acceptors (Lipinski definition) is 3. The highest BCUT2D eigenvalue weighted by molar-refractivity contribution is 5.84. The molecule has 6 nitrogen and oxygen atoms in total. The second kappa shape index (κ2) is 10.3. The van der Waals surface area contributed by atoms with Crippen LogP contribution in [0, 0.1) is 11.3 Å². The van der Waals surface area contributed by atoms with Crippen LogP contribution < -0.4 is 10.6 Å². The molecular weight excluding hydrogens is 338 g/mol. The molecule has 0 radical (unpaired) electrons. The van der Waals surface area contributed by atoms with Crippen LogP contribution in [0.2, 0.25) is 0 Å². The quantitative estimate of drug-likeness (QED) is 0.502. The molecule has 2 rings (SSSR count). The Balaban J connectivity index is 2.02. The number of nitrogens with one attached hydrogen (secondary N) is 2. The zero-order chi connectivity index (χ0) is 19.9. The van der Waals surface area contributed by atoms with Gasteiger partial charge in [0.15, 0.2) is 5.96 Å². The van der Waals surface area contributed by atoms with Gasteiger partial charge in [-0.2, -0.15) is 0 Å². The number of nitrogens with zero attached hydrogens (tertiary/aromatic N) is 3. The summed E-state index contributed by atoms with van der Waals surface area (Å²) >= 11 is 0. The summed E-state index contributed by atoms with van der Waals surface area (Å²) in [5.74, 6) is 1.69. The van der Waals surface area contributed by atoms with Gasteiger partial charge >= 0.3 is 0 Å². The summed E-state index contributed by atoms with van der Waals surface area (Å²) in [6.45, 7) is 11.4. The maximum atomic E-state index is 12.8. The van der Waals surface area contributed by atoms with Crippen LogP contribution in [-0.4, -0.2) is 74.5 Å². The van der Waals surface area contributed by atoms with E-state index in [1.807, 2.05) is 14.1 Å². The van der Waals surface area contributed by atoms with Gasteiger partial charge in [-0.25, -0.2) is 0 Å². The van der Waals surface area contributed by atoms with Crippen molar-refractivity contribution >= 4 is 11.9 Å². The zero-order valence-corrected chi connectivity index (χ0v) is 18.2. The molecule has 1 atom stereocenters. The van der Waals surface area contributed by atoms with E-state index in [1.54, 1.807) is 4.90 Å². The number of likely N-dealkylation sites (tertiary alicyclic amines) is 1. The molecule has 0 aromatic rings. The molecule has 156 valence electrons. The van der Waals surface area contributed by atoms with Gasteiger partial charge in [0.1, 0.15) is 0 Å². The van der Waals surface area contributed by atoms with E-state index in [0.717, 1.165) is 44.7 Å². The predicted molar refractivity (Wildman–Crippen MR) is 113 cm³/mol. The van der Waals surface area contributed by atoms with Gasteiger partial charge in [0.2, 0.25) is 5.91 Å². The molecule has 1 heterocycles. The lowest BCUT2D eigenvalue weighted by atomic mass is 9.85. The topological polar surface area (TPSA) is 60.0 Å². The Morgan fingerprint density at radius 2 is 1.74 bits per heavy atom. The molecule has 0 aromatic carbocycles. The van der Waals surface area contributed by atoms with Crippen LogP contribution in [0.25, 0.3) is 0 Å². The van der Waals surface area contributed by atoms with Gasteiger partial charge in [-0.1, -0.05) is 26.7 Å². The lowest BCUT2D eigenvalue weighted by Gasteiger charge is -2.32. The van der Waals surface area contributed by atoms with Crippen LogP contribution >= 0.6 is 0 Å². The first kappa shape index (κ1) is 22.0. The average Bonchev–Trinajstić information content (AvgIpc) is 3.31. The molecule has 2 aliphatic rings. The predicted octanol–water partition coefficient (Wildman–Crippen LogP) is 2.31. The third-order valence-electron chi connectivity index (χ3n) is 6.16. The van der Waals surface area contributed by atoms with Crippen molar-refractivity contribution in [2.75, 3.05) is 46.8 Å². The first-order valence-electron chi connectivity index (χ1n) is 10.9. The van der Waals surface area contributed by atoms with Gasteiger partial charge in [-0.05, 0) is 51.6 Å². The van der Waals surface area contributed by atoms with Crippen molar-refractivity contribution in [1.29, 1.82) is 0 Å². The summed E-state index contributed by atoms with van der Waals surface area (Å²) in [5, 5.41) is 6.93. The first-order chi connectivity index (χ1) is 12.9. The van der Waals surface area contributed by atoms with Crippen molar-refractivity contribution in [3.63, 3.8) is 0 Å². The Morgan fingerprint density at radius 3 is 2.26 bits per heavy atom. The number of aliphatic imine (C=N–C) groups is 1. The van der Waals surface area contributed by atoms with E-state index >= 15 is 0 Å². The first-order valence-corrected chi connectivity index (χ1v) is 10.9. The maximum Gasteiger partial charge on any atom is 0.230 e. The van der Waals surface area contributed by atoms with Crippen molar-refractivity contribution in [3.8, 4) is 0 Å². The van der Waals surface area contributed by atoms with Crippen LogP contribution in [-0.2, 0) is 4.79 Å². The molecule has 0 spiro atoms. The number of amides is 1. The lowest BCUT2D eigenvalue weighted by Crippen LogP contribution is -2.49. The van der Waals surface area contributed by atoms with Crippen molar-refractivity contribution in [2.45, 2.75) is 65.3 Å². The second-order valence-electron chi connectivity index (χ2n) is 8.82. The molecule has 1 saturated heterocycles. The van der Waals surface area contributed by atoms with Gasteiger partial charge < -0.3 is 15.5 Å². The molecule has 1 amide bonds. The highest BCUT2D eigenvalue weighted by atomic mass is 16.2. The van der Waals surface area contributed by atoms with E-state index in [9.17, 15) is 4.79 Å². The minimum absolute atomic E-state index is 0.233. The third kappa shape index (κ3) is 5.84. The summed E-state index contributed by atoms with van der Waals surface area (Å²) < 4.78 is 0. The van der Waals surface area contributed by atoms with E-state index in [0.29, 0.717) is 18.5 Å². The van der Waals surface area contributed by atoms with E-state index in [4.69, 9.17) is 4.99 Å². The molecule has 1 unspecified atom stereocenters. The highest BCUT2D eigenvalue weighted by Crippen LogP contribution is 2.39. The van der Waals surface area contributed by atoms with Crippen molar-refractivity contribution in [2.24, 2.45) is 16.3 Å². The van der Waals surface area contributed by atoms with E-state index in [-0.39, 0.29) is 11.3 Å². The molecule has 1 saturated carbocycles. The summed E-state index contributed by atoms with van der Waals surface area (Å²) in [7, 11) is 3.72. The Labute approximate surface area is 166 Å². The normalized spacial score (nSPS) is 21.5. The highest BCUT2D eigenvalue weighted by Gasteiger charge is 2.42. The van der Waals surface area contributed by atoms with Crippen LogP contribution in [0.1, 0.15) is 59.3 Å². The van der Waals surface area contributed by atoms with Gasteiger partial charge in [0.25, 0.3) is 0 Å². The summed E-state index contributed by atoms with van der Waals surface area (Å²) in [6, 6.07) is 0.528. The number of guanidine groups is 1. The molecule has 0 bridgehead atoms. The monoisotopic (exact) mass is 379 g/mol. The maximum absolute atomic E-state index is 12.8. The van der Waals surface area contributed by atoms with Gasteiger partial charge in [-0.3, -0.25) is 14.7 Å². The summed E-state index contributed by atoms with van der Waals surface area (Å²) in [4.78, 5) is 22.0. The molecule has 0 aromatic heterocycles. The molecular formula is C21H41N5O. The van der Waals surface area contributed by atoms with E-state index in [2.05, 4.69) is 36.3 Å². The second-order valence-corrected chi connectivity index (χ2v) is 8.82. The van der Waals surface area contributed by atoms with Gasteiger partial charge in [0, 0.05) is 33.2 Å². The van der Waals surface area contributed by atoms with Crippen molar-refractivity contribution in [3.05, 3.63) is 0 Å². The van der Waals surface area contributed by atoms with Crippen LogP contribution in [0.15, 0.2) is 4.99 Å². The van der Waals surface area contributed by atoms with E-state index in [1.165, 1.54) is 25.9 Å². The molecule has 6 heteroatoms. The standard InChI is InChI=1S/C21H41N5O/c1-6-22-20(23-15-18(17(2)3)26-13-9-10-14-26)24-16-21(11-7-8-12-21)19(27)25(4)5/h17-18H,6-16H2,1-5H3,(H2,22,23,24). The van der Waals surface area contributed by atoms with Gasteiger partial charge in [-0.15, -0.1) is 0 Å². The number of hydrogen-bond donors (Lipinski definition) is 2. The Hall–Kier alpha value is -1.30. The zero-order valence-electron chi connectivity index (χ0n) is 18.2. The van der Waals surface area contributed by atoms with Crippen LogP contribution in [0.4, 0.5) is 0 Å². The number of rotatable bonds is 8.